The zero-order valence-electron chi connectivity index (χ0n) is 41.3. The van der Waals surface area contributed by atoms with Gasteiger partial charge in [-0.25, -0.2) is 4.79 Å². The van der Waals surface area contributed by atoms with Gasteiger partial charge in [0, 0.05) is 6.42 Å². The van der Waals surface area contributed by atoms with Crippen molar-refractivity contribution >= 4 is 53.2 Å². The maximum atomic E-state index is 14.2. The molecule has 0 saturated heterocycles. The van der Waals surface area contributed by atoms with E-state index in [9.17, 15) is 53.4 Å². The SMILES string of the molecule is CC[C@H](C)[C@H](NC(=O)CN)C(=O)N[C@@H](CC(C)C)C(=O)NCNC(=O)C(Cc1ccccc1)C(=O)N[C@H](C(=O)N[C@@H](Cc1ccccc1)C(=O)N[C@H](C(=O)N[C@@H](CC(C)C)C(=O)O)[C@@H](C)O)C(C)C. The highest BCUT2D eigenvalue weighted by Gasteiger charge is 2.37. The fourth-order valence-corrected chi connectivity index (χ4v) is 7.24. The Morgan fingerprint density at radius 1 is 0.522 bits per heavy atom. The molecule has 0 aliphatic carbocycles. The van der Waals surface area contributed by atoms with Crippen LogP contribution in [0.5, 0.6) is 0 Å². The molecule has 12 N–H and O–H groups in total. The molecule has 0 radical (unpaired) electrons. The number of carboxylic acids is 1. The van der Waals surface area contributed by atoms with E-state index in [2.05, 4.69) is 42.5 Å². The number of benzene rings is 2. The molecule has 20 heteroatoms. The summed E-state index contributed by atoms with van der Waals surface area (Å²) in [5.74, 6) is -9.80. The van der Waals surface area contributed by atoms with Gasteiger partial charge < -0.3 is 58.5 Å². The van der Waals surface area contributed by atoms with Crippen LogP contribution in [0.2, 0.25) is 0 Å². The van der Waals surface area contributed by atoms with Gasteiger partial charge in [0.2, 0.25) is 47.3 Å². The molecule has 69 heavy (non-hydrogen) atoms. The number of carboxylic acid groups (broad SMARTS) is 1. The molecule has 1 unspecified atom stereocenters. The van der Waals surface area contributed by atoms with Crippen molar-refractivity contribution in [2.24, 2.45) is 35.3 Å². The minimum Gasteiger partial charge on any atom is -0.480 e. The third-order valence-electron chi connectivity index (χ3n) is 11.3. The summed E-state index contributed by atoms with van der Waals surface area (Å²) in [4.78, 5) is 121. The second kappa shape index (κ2) is 29.5. The first-order chi connectivity index (χ1) is 32.5. The van der Waals surface area contributed by atoms with Gasteiger partial charge in [-0.2, -0.15) is 0 Å². The Hall–Kier alpha value is -6.41. The molecule has 2 aromatic carbocycles. The van der Waals surface area contributed by atoms with Crippen LogP contribution in [0, 0.1) is 29.6 Å². The van der Waals surface area contributed by atoms with Gasteiger partial charge in [-0.05, 0) is 61.0 Å². The Labute approximate surface area is 405 Å². The average molecular weight is 966 g/mol. The third-order valence-corrected chi connectivity index (χ3v) is 11.3. The highest BCUT2D eigenvalue weighted by molar-refractivity contribution is 6.03. The lowest BCUT2D eigenvalue weighted by molar-refractivity contribution is -0.143. The number of carbonyl (C=O) groups is 9. The van der Waals surface area contributed by atoms with Gasteiger partial charge in [-0.15, -0.1) is 0 Å². The minimum atomic E-state index is -1.61. The summed E-state index contributed by atoms with van der Waals surface area (Å²) >= 11 is 0. The van der Waals surface area contributed by atoms with Crippen LogP contribution in [0.15, 0.2) is 60.7 Å². The number of nitrogens with two attached hydrogens (primary N) is 1. The van der Waals surface area contributed by atoms with E-state index >= 15 is 0 Å². The van der Waals surface area contributed by atoms with Gasteiger partial charge in [0.15, 0.2) is 0 Å². The number of rotatable bonds is 29. The van der Waals surface area contributed by atoms with Gasteiger partial charge >= 0.3 is 5.97 Å². The molecule has 9 atom stereocenters. The summed E-state index contributed by atoms with van der Waals surface area (Å²) < 4.78 is 0. The van der Waals surface area contributed by atoms with Crippen molar-refractivity contribution in [1.82, 2.24) is 42.5 Å². The molecule has 2 rings (SSSR count). The number of aliphatic carboxylic acids is 1. The molecule has 8 amide bonds. The lowest BCUT2D eigenvalue weighted by atomic mass is 9.95. The predicted octanol–water partition coefficient (Wildman–Crippen LogP) is 0.405. The van der Waals surface area contributed by atoms with Crippen LogP contribution in [-0.4, -0.2) is 119 Å². The van der Waals surface area contributed by atoms with E-state index in [-0.39, 0.29) is 50.0 Å². The van der Waals surface area contributed by atoms with Crippen LogP contribution in [-0.2, 0) is 56.0 Å². The van der Waals surface area contributed by atoms with E-state index < -0.39 is 114 Å². The molecule has 0 spiro atoms. The van der Waals surface area contributed by atoms with Gasteiger partial charge in [0.05, 0.1) is 19.3 Å². The van der Waals surface area contributed by atoms with Gasteiger partial charge in [-0.3, -0.25) is 38.4 Å². The van der Waals surface area contributed by atoms with E-state index in [1.807, 2.05) is 20.8 Å². The van der Waals surface area contributed by atoms with Crippen molar-refractivity contribution in [3.05, 3.63) is 71.8 Å². The lowest BCUT2D eigenvalue weighted by Crippen LogP contribution is -2.61. The van der Waals surface area contributed by atoms with Crippen LogP contribution in [0.25, 0.3) is 0 Å². The van der Waals surface area contributed by atoms with Crippen LogP contribution in [0.4, 0.5) is 0 Å². The normalized spacial score (nSPS) is 15.2. The number of aliphatic hydroxyl groups excluding tert-OH is 1. The Kier molecular flexibility index (Phi) is 25.1. The number of carbonyl (C=O) groups excluding carboxylic acids is 8. The molecule has 0 saturated carbocycles. The van der Waals surface area contributed by atoms with Crippen molar-refractivity contribution in [2.45, 2.75) is 137 Å². The van der Waals surface area contributed by atoms with E-state index in [1.165, 1.54) is 6.92 Å². The van der Waals surface area contributed by atoms with Crippen molar-refractivity contribution in [1.29, 1.82) is 0 Å². The molecule has 0 aromatic heterocycles. The van der Waals surface area contributed by atoms with E-state index in [0.717, 1.165) is 0 Å². The first kappa shape index (κ1) is 58.7. The van der Waals surface area contributed by atoms with Crippen molar-refractivity contribution in [3.8, 4) is 0 Å². The Bertz CT molecular complexity index is 2020. The molecule has 0 aliphatic heterocycles. The molecular formula is C49H75N9O11. The maximum Gasteiger partial charge on any atom is 0.326 e. The maximum absolute atomic E-state index is 14.2. The smallest absolute Gasteiger partial charge is 0.326 e. The van der Waals surface area contributed by atoms with Crippen molar-refractivity contribution in [3.63, 3.8) is 0 Å². The monoisotopic (exact) mass is 966 g/mol. The van der Waals surface area contributed by atoms with E-state index in [1.54, 1.807) is 95.3 Å². The number of amides is 8. The molecule has 0 bridgehead atoms. The summed E-state index contributed by atoms with van der Waals surface area (Å²) in [7, 11) is 0. The topological polar surface area (TPSA) is 316 Å². The van der Waals surface area contributed by atoms with E-state index in [0.29, 0.717) is 17.5 Å². The molecule has 2 aromatic rings. The third kappa shape index (κ3) is 20.4. The van der Waals surface area contributed by atoms with Crippen LogP contribution < -0.4 is 48.3 Å². The number of nitrogens with one attached hydrogen (secondary N) is 8. The molecule has 0 heterocycles. The van der Waals surface area contributed by atoms with Crippen LogP contribution >= 0.6 is 0 Å². The number of aliphatic hydroxyl groups is 1. The molecule has 20 nitrogen and oxygen atoms in total. The standard InChI is InChI=1S/C49H75N9O11/c1-10-30(8)40(56-38(60)25-50)47(66)53-35(21-27(2)3)44(63)52-26-51-42(61)34(23-32-17-13-11-14-18-32)43(62)57-39(29(6)7)46(65)54-36(24-33-19-15-12-16-20-33)45(64)58-41(31(9)59)48(67)55-37(49(68)69)22-28(4)5/h11-20,27-31,34-37,39-41,59H,10,21-26,50H2,1-9H3,(H,51,61)(H,52,63)(H,53,66)(H,54,65)(H,55,67)(H,56,60)(H,57,62)(H,58,64)(H,68,69)/t30-,31+,34?,35-,36-,37-,39-,40-,41-/m0/s1. The van der Waals surface area contributed by atoms with Crippen molar-refractivity contribution < 1.29 is 53.4 Å². The molecule has 0 fully saturated rings. The largest absolute Gasteiger partial charge is 0.480 e. The van der Waals surface area contributed by atoms with Crippen LogP contribution in [0.1, 0.15) is 92.7 Å². The summed E-state index contributed by atoms with van der Waals surface area (Å²) in [6.45, 7) is 14.7. The number of hydrogen-bond acceptors (Lipinski definition) is 11. The Morgan fingerprint density at radius 3 is 1.48 bits per heavy atom. The average Bonchev–Trinajstić information content (AvgIpc) is 3.29. The van der Waals surface area contributed by atoms with E-state index in [4.69, 9.17) is 5.73 Å². The molecular weight excluding hydrogens is 891 g/mol. The number of hydrogen-bond donors (Lipinski definition) is 11. The fourth-order valence-electron chi connectivity index (χ4n) is 7.24. The molecule has 382 valence electrons. The zero-order valence-corrected chi connectivity index (χ0v) is 41.3. The summed E-state index contributed by atoms with van der Waals surface area (Å²) in [5, 5.41) is 41.0. The summed E-state index contributed by atoms with van der Waals surface area (Å²) in [6.07, 6.45) is -0.833. The van der Waals surface area contributed by atoms with Gasteiger partial charge in [0.1, 0.15) is 42.2 Å². The Balaban J connectivity index is 2.35. The quantitative estimate of drug-likeness (QED) is 0.0390. The summed E-state index contributed by atoms with van der Waals surface area (Å²) in [5.41, 5.74) is 6.68. The molecule has 0 aliphatic rings. The Morgan fingerprint density at radius 2 is 0.986 bits per heavy atom. The summed E-state index contributed by atoms with van der Waals surface area (Å²) in [6, 6.07) is 9.64. The van der Waals surface area contributed by atoms with Crippen molar-refractivity contribution in [2.75, 3.05) is 13.2 Å². The van der Waals surface area contributed by atoms with Crippen LogP contribution in [0.3, 0.4) is 0 Å². The lowest BCUT2D eigenvalue weighted by Gasteiger charge is -2.29. The first-order valence-corrected chi connectivity index (χ1v) is 23.5. The predicted molar refractivity (Wildman–Crippen MR) is 258 cm³/mol. The van der Waals surface area contributed by atoms with Gasteiger partial charge in [-0.1, -0.05) is 122 Å². The zero-order chi connectivity index (χ0) is 52.0. The second-order valence-corrected chi connectivity index (χ2v) is 18.6. The first-order valence-electron chi connectivity index (χ1n) is 23.5. The van der Waals surface area contributed by atoms with Gasteiger partial charge in [0.25, 0.3) is 0 Å². The highest BCUT2D eigenvalue weighted by Crippen LogP contribution is 2.15. The highest BCUT2D eigenvalue weighted by atomic mass is 16.4. The fraction of sp³-hybridized carbons (Fsp3) is 0.571. The minimum absolute atomic E-state index is 0.0509. The second-order valence-electron chi connectivity index (χ2n) is 18.6.